The van der Waals surface area contributed by atoms with Crippen molar-refractivity contribution in [3.63, 3.8) is 0 Å². The van der Waals surface area contributed by atoms with Gasteiger partial charge in [-0.2, -0.15) is 0 Å². The maximum Gasteiger partial charge on any atom is 0.260 e. The van der Waals surface area contributed by atoms with E-state index < -0.39 is 6.10 Å². The minimum Gasteiger partial charge on any atom is -0.481 e. The third-order valence-electron chi connectivity index (χ3n) is 4.53. The lowest BCUT2D eigenvalue weighted by atomic mass is 10.1. The Hall–Kier alpha value is -3.25. The number of thiophene rings is 1. The van der Waals surface area contributed by atoms with Gasteiger partial charge < -0.3 is 10.1 Å². The fourth-order valence-corrected chi connectivity index (χ4v) is 3.67. The number of carbonyl (C=O) groups is 1. The molecule has 0 aliphatic carbocycles. The molecule has 1 amide bonds. The molecule has 0 radical (unpaired) electrons. The van der Waals surface area contributed by atoms with Gasteiger partial charge in [-0.25, -0.2) is 4.98 Å². The van der Waals surface area contributed by atoms with Crippen molar-refractivity contribution in [1.82, 2.24) is 15.3 Å². The molecule has 2 aromatic heterocycles. The molecule has 2 heterocycles. The van der Waals surface area contributed by atoms with E-state index in [2.05, 4.69) is 21.4 Å². The maximum absolute atomic E-state index is 12.2. The molecule has 2 aromatic carbocycles. The number of hydrogen-bond donors (Lipinski definition) is 1. The first kappa shape index (κ1) is 19.1. The molecule has 29 heavy (non-hydrogen) atoms. The summed E-state index contributed by atoms with van der Waals surface area (Å²) in [7, 11) is 0. The van der Waals surface area contributed by atoms with Gasteiger partial charge in [-0.3, -0.25) is 9.78 Å². The lowest BCUT2D eigenvalue weighted by molar-refractivity contribution is -0.127. The molecule has 146 valence electrons. The van der Waals surface area contributed by atoms with E-state index in [0.29, 0.717) is 12.3 Å². The number of ether oxygens (including phenoxy) is 1. The number of nitrogens with zero attached hydrogens (tertiary/aromatic N) is 2. The number of aromatic nitrogens is 2. The van der Waals surface area contributed by atoms with Gasteiger partial charge in [-0.1, -0.05) is 18.2 Å². The Morgan fingerprint density at radius 2 is 1.86 bits per heavy atom. The number of benzene rings is 2. The molecule has 0 bridgehead atoms. The molecular weight excluding hydrogens is 382 g/mol. The fraction of sp³-hybridized carbons (Fsp3) is 0.174. The monoisotopic (exact) mass is 403 g/mol. The normalized spacial score (nSPS) is 11.9. The zero-order valence-corrected chi connectivity index (χ0v) is 16.9. The summed E-state index contributed by atoms with van der Waals surface area (Å²) in [4.78, 5) is 22.6. The van der Waals surface area contributed by atoms with E-state index in [0.717, 1.165) is 28.7 Å². The van der Waals surface area contributed by atoms with Crippen molar-refractivity contribution in [2.45, 2.75) is 19.4 Å². The zero-order chi connectivity index (χ0) is 20.1. The first-order chi connectivity index (χ1) is 14.2. The molecule has 0 unspecified atom stereocenters. The molecular formula is C23H21N3O2S. The SMILES string of the molecule is C[C@@H](Oc1ccc(-c2cnc3ccccc3n2)cc1)C(=O)NCCc1cccs1. The highest BCUT2D eigenvalue weighted by molar-refractivity contribution is 7.09. The lowest BCUT2D eigenvalue weighted by Crippen LogP contribution is -2.37. The van der Waals surface area contributed by atoms with E-state index in [1.165, 1.54) is 4.88 Å². The largest absolute Gasteiger partial charge is 0.481 e. The summed E-state index contributed by atoms with van der Waals surface area (Å²) in [5.41, 5.74) is 3.48. The Labute approximate surface area is 173 Å². The molecule has 0 aliphatic rings. The molecule has 0 saturated heterocycles. The summed E-state index contributed by atoms with van der Waals surface area (Å²) in [6.07, 6.45) is 2.03. The Morgan fingerprint density at radius 1 is 1.07 bits per heavy atom. The van der Waals surface area contributed by atoms with E-state index in [1.54, 1.807) is 24.5 Å². The van der Waals surface area contributed by atoms with Gasteiger partial charge in [0.15, 0.2) is 6.10 Å². The van der Waals surface area contributed by atoms with Crippen LogP contribution in [0.1, 0.15) is 11.8 Å². The van der Waals surface area contributed by atoms with Gasteiger partial charge >= 0.3 is 0 Å². The molecule has 5 nitrogen and oxygen atoms in total. The lowest BCUT2D eigenvalue weighted by Gasteiger charge is -2.15. The van der Waals surface area contributed by atoms with E-state index in [1.807, 2.05) is 60.0 Å². The second kappa shape index (κ2) is 8.84. The van der Waals surface area contributed by atoms with Gasteiger partial charge in [0.2, 0.25) is 0 Å². The van der Waals surface area contributed by atoms with Crippen LogP contribution >= 0.6 is 11.3 Å². The van der Waals surface area contributed by atoms with E-state index >= 15 is 0 Å². The Morgan fingerprint density at radius 3 is 2.62 bits per heavy atom. The first-order valence-corrected chi connectivity index (χ1v) is 10.4. The number of nitrogens with one attached hydrogen (secondary N) is 1. The number of fused-ring (bicyclic) bond motifs is 1. The summed E-state index contributed by atoms with van der Waals surface area (Å²) in [5.74, 6) is 0.523. The summed E-state index contributed by atoms with van der Waals surface area (Å²) in [6, 6.07) is 19.4. The van der Waals surface area contributed by atoms with Crippen LogP contribution in [-0.2, 0) is 11.2 Å². The molecule has 6 heteroatoms. The molecule has 0 aliphatic heterocycles. The predicted molar refractivity (Wildman–Crippen MR) is 116 cm³/mol. The van der Waals surface area contributed by atoms with Gasteiger partial charge in [0, 0.05) is 17.0 Å². The van der Waals surface area contributed by atoms with Crippen molar-refractivity contribution in [2.24, 2.45) is 0 Å². The smallest absolute Gasteiger partial charge is 0.260 e. The van der Waals surface area contributed by atoms with Crippen LogP contribution < -0.4 is 10.1 Å². The van der Waals surface area contributed by atoms with Crippen LogP contribution in [0, 0.1) is 0 Å². The summed E-state index contributed by atoms with van der Waals surface area (Å²) >= 11 is 1.69. The highest BCUT2D eigenvalue weighted by Crippen LogP contribution is 2.22. The molecule has 4 rings (SSSR count). The van der Waals surface area contributed by atoms with Gasteiger partial charge in [0.25, 0.3) is 5.91 Å². The van der Waals surface area contributed by atoms with Crippen molar-refractivity contribution in [2.75, 3.05) is 6.54 Å². The average Bonchev–Trinajstić information content (AvgIpc) is 3.27. The number of para-hydroxylation sites is 2. The zero-order valence-electron chi connectivity index (χ0n) is 16.0. The fourth-order valence-electron chi connectivity index (χ4n) is 2.97. The van der Waals surface area contributed by atoms with Crippen LogP contribution in [-0.4, -0.2) is 28.5 Å². The minimum absolute atomic E-state index is 0.119. The molecule has 0 saturated carbocycles. The second-order valence-corrected chi connectivity index (χ2v) is 7.68. The van der Waals surface area contributed by atoms with Crippen LogP contribution in [0.15, 0.2) is 72.2 Å². The highest BCUT2D eigenvalue weighted by atomic mass is 32.1. The molecule has 1 N–H and O–H groups in total. The first-order valence-electron chi connectivity index (χ1n) is 9.48. The Balaban J connectivity index is 1.35. The van der Waals surface area contributed by atoms with E-state index in [-0.39, 0.29) is 5.91 Å². The number of hydrogen-bond acceptors (Lipinski definition) is 5. The summed E-state index contributed by atoms with van der Waals surface area (Å²) in [5, 5.41) is 4.96. The molecule has 1 atom stereocenters. The summed E-state index contributed by atoms with van der Waals surface area (Å²) in [6.45, 7) is 2.36. The second-order valence-electron chi connectivity index (χ2n) is 6.65. The van der Waals surface area contributed by atoms with Crippen LogP contribution in [0.5, 0.6) is 5.75 Å². The third kappa shape index (κ3) is 4.78. The van der Waals surface area contributed by atoms with Gasteiger partial charge in [0.05, 0.1) is 22.9 Å². The van der Waals surface area contributed by atoms with E-state index in [9.17, 15) is 4.79 Å². The van der Waals surface area contributed by atoms with Gasteiger partial charge in [-0.15, -0.1) is 11.3 Å². The molecule has 0 fully saturated rings. The third-order valence-corrected chi connectivity index (χ3v) is 5.47. The standard InChI is InChI=1S/C23H21N3O2S/c1-16(23(27)24-13-12-19-5-4-14-29-19)28-18-10-8-17(9-11-18)22-15-25-20-6-2-3-7-21(20)26-22/h2-11,14-16H,12-13H2,1H3,(H,24,27)/t16-/m1/s1. The van der Waals surface area contributed by atoms with Crippen LogP contribution in [0.3, 0.4) is 0 Å². The van der Waals surface area contributed by atoms with Crippen LogP contribution in [0.2, 0.25) is 0 Å². The predicted octanol–water partition coefficient (Wildman–Crippen LogP) is 4.48. The Bertz CT molecular complexity index is 1090. The van der Waals surface area contributed by atoms with Crippen molar-refractivity contribution < 1.29 is 9.53 Å². The van der Waals surface area contributed by atoms with Crippen molar-refractivity contribution in [3.8, 4) is 17.0 Å². The Kier molecular flexibility index (Phi) is 5.81. The van der Waals surface area contributed by atoms with Crippen LogP contribution in [0.4, 0.5) is 0 Å². The van der Waals surface area contributed by atoms with Crippen molar-refractivity contribution >= 4 is 28.3 Å². The molecule has 4 aromatic rings. The topological polar surface area (TPSA) is 64.1 Å². The minimum atomic E-state index is -0.565. The van der Waals surface area contributed by atoms with Crippen LogP contribution in [0.25, 0.3) is 22.3 Å². The highest BCUT2D eigenvalue weighted by Gasteiger charge is 2.14. The van der Waals surface area contributed by atoms with Crippen molar-refractivity contribution in [3.05, 3.63) is 77.1 Å². The average molecular weight is 404 g/mol. The van der Waals surface area contributed by atoms with Gasteiger partial charge in [0.1, 0.15) is 5.75 Å². The number of carbonyl (C=O) groups excluding carboxylic acids is 1. The van der Waals surface area contributed by atoms with Crippen molar-refractivity contribution in [1.29, 1.82) is 0 Å². The quantitative estimate of drug-likeness (QED) is 0.494. The number of amides is 1. The summed E-state index contributed by atoms with van der Waals surface area (Å²) < 4.78 is 5.78. The number of rotatable bonds is 7. The van der Waals surface area contributed by atoms with Gasteiger partial charge in [-0.05, 0) is 61.2 Å². The maximum atomic E-state index is 12.2. The molecule has 0 spiro atoms. The van der Waals surface area contributed by atoms with E-state index in [4.69, 9.17) is 4.74 Å².